The molecule has 0 spiro atoms. The van der Waals surface area contributed by atoms with E-state index in [1.54, 1.807) is 0 Å². The molecule has 1 aromatic rings. The highest BCUT2D eigenvalue weighted by Gasteiger charge is 2.24. The minimum atomic E-state index is 0.319. The molecule has 0 aromatic carbocycles. The molecule has 1 fully saturated rings. The van der Waals surface area contributed by atoms with E-state index >= 15 is 0 Å². The Labute approximate surface area is 91.7 Å². The lowest BCUT2D eigenvalue weighted by molar-refractivity contribution is 0.564. The average Bonchev–Trinajstić information content (AvgIpc) is 2.92. The summed E-state index contributed by atoms with van der Waals surface area (Å²) in [5, 5.41) is 4.42. The molecule has 1 heterocycles. The highest BCUT2D eigenvalue weighted by atomic mass is 15.3. The summed E-state index contributed by atoms with van der Waals surface area (Å²) in [6, 6.07) is 0.319. The first-order valence-electron chi connectivity index (χ1n) is 5.82. The first-order chi connectivity index (χ1) is 7.08. The fourth-order valence-corrected chi connectivity index (χ4v) is 2.24. The van der Waals surface area contributed by atoms with E-state index in [1.807, 2.05) is 11.7 Å². The smallest absolute Gasteiger partial charge is 0.0628 e. The molecule has 0 radical (unpaired) electrons. The topological polar surface area (TPSA) is 43.8 Å². The van der Waals surface area contributed by atoms with Crippen molar-refractivity contribution in [3.8, 4) is 0 Å². The van der Waals surface area contributed by atoms with Crippen molar-refractivity contribution in [3.05, 3.63) is 17.0 Å². The van der Waals surface area contributed by atoms with Crippen molar-refractivity contribution < 1.29 is 0 Å². The highest BCUT2D eigenvalue weighted by molar-refractivity contribution is 5.25. The van der Waals surface area contributed by atoms with Crippen LogP contribution in [0.25, 0.3) is 0 Å². The largest absolute Gasteiger partial charge is 0.327 e. The summed E-state index contributed by atoms with van der Waals surface area (Å²) in [5.74, 6) is 0.914. The van der Waals surface area contributed by atoms with Crippen molar-refractivity contribution in [1.29, 1.82) is 0 Å². The third-order valence-electron chi connectivity index (χ3n) is 3.46. The van der Waals surface area contributed by atoms with Crippen molar-refractivity contribution in [2.24, 2.45) is 18.7 Å². The Balaban J connectivity index is 2.01. The molecule has 2 N–H and O–H groups in total. The van der Waals surface area contributed by atoms with Crippen molar-refractivity contribution in [2.45, 2.75) is 45.6 Å². The predicted octanol–water partition coefficient (Wildman–Crippen LogP) is 1.71. The zero-order chi connectivity index (χ0) is 11.0. The Morgan fingerprint density at radius 1 is 1.47 bits per heavy atom. The number of nitrogens with zero attached hydrogens (tertiary/aromatic N) is 2. The van der Waals surface area contributed by atoms with Crippen LogP contribution in [0.5, 0.6) is 0 Å². The number of nitrogens with two attached hydrogens (primary N) is 1. The fraction of sp³-hybridized carbons (Fsp3) is 0.750. The van der Waals surface area contributed by atoms with E-state index in [-0.39, 0.29) is 0 Å². The molecule has 0 bridgehead atoms. The van der Waals surface area contributed by atoms with Crippen LogP contribution < -0.4 is 5.73 Å². The maximum Gasteiger partial charge on any atom is 0.0628 e. The summed E-state index contributed by atoms with van der Waals surface area (Å²) < 4.78 is 1.95. The molecule has 0 aliphatic heterocycles. The monoisotopic (exact) mass is 207 g/mol. The molecule has 1 saturated carbocycles. The van der Waals surface area contributed by atoms with Crippen LogP contribution in [-0.4, -0.2) is 15.8 Å². The van der Waals surface area contributed by atoms with Crippen LogP contribution >= 0.6 is 0 Å². The van der Waals surface area contributed by atoms with E-state index in [9.17, 15) is 0 Å². The molecule has 2 rings (SSSR count). The molecule has 15 heavy (non-hydrogen) atoms. The van der Waals surface area contributed by atoms with Gasteiger partial charge in [0, 0.05) is 18.8 Å². The Morgan fingerprint density at radius 3 is 2.60 bits per heavy atom. The maximum atomic E-state index is 6.16. The molecule has 0 saturated heterocycles. The average molecular weight is 207 g/mol. The van der Waals surface area contributed by atoms with Gasteiger partial charge in [-0.1, -0.05) is 12.8 Å². The molecule has 1 aliphatic rings. The molecular weight excluding hydrogens is 186 g/mol. The van der Waals surface area contributed by atoms with Gasteiger partial charge in [-0.2, -0.15) is 5.10 Å². The lowest BCUT2D eigenvalue weighted by Crippen LogP contribution is -2.24. The van der Waals surface area contributed by atoms with E-state index in [1.165, 1.54) is 30.5 Å². The van der Waals surface area contributed by atoms with Gasteiger partial charge in [-0.05, 0) is 38.2 Å². The summed E-state index contributed by atoms with van der Waals surface area (Å²) in [4.78, 5) is 0. The van der Waals surface area contributed by atoms with Gasteiger partial charge in [-0.25, -0.2) is 0 Å². The van der Waals surface area contributed by atoms with Gasteiger partial charge in [0.25, 0.3) is 0 Å². The summed E-state index contributed by atoms with van der Waals surface area (Å²) in [6.45, 7) is 4.20. The van der Waals surface area contributed by atoms with Crippen LogP contribution in [0.1, 0.15) is 36.2 Å². The fourth-order valence-electron chi connectivity index (χ4n) is 2.24. The zero-order valence-corrected chi connectivity index (χ0v) is 9.95. The van der Waals surface area contributed by atoms with Crippen LogP contribution in [0.3, 0.4) is 0 Å². The Hall–Kier alpha value is -0.830. The van der Waals surface area contributed by atoms with Crippen LogP contribution in [0.4, 0.5) is 0 Å². The van der Waals surface area contributed by atoms with Gasteiger partial charge in [0.15, 0.2) is 0 Å². The molecule has 0 amide bonds. The second kappa shape index (κ2) is 3.97. The molecule has 1 aliphatic carbocycles. The van der Waals surface area contributed by atoms with Gasteiger partial charge in [0.1, 0.15) is 0 Å². The predicted molar refractivity (Wildman–Crippen MR) is 61.7 cm³/mol. The first kappa shape index (κ1) is 10.7. The Bertz CT molecular complexity index is 350. The zero-order valence-electron chi connectivity index (χ0n) is 9.95. The quantitative estimate of drug-likeness (QED) is 0.816. The van der Waals surface area contributed by atoms with Gasteiger partial charge in [0.05, 0.1) is 5.69 Å². The van der Waals surface area contributed by atoms with E-state index in [4.69, 9.17) is 5.73 Å². The number of hydrogen-bond donors (Lipinski definition) is 1. The van der Waals surface area contributed by atoms with E-state index in [0.717, 1.165) is 18.0 Å². The van der Waals surface area contributed by atoms with Crippen molar-refractivity contribution in [2.75, 3.05) is 0 Å². The van der Waals surface area contributed by atoms with Crippen LogP contribution in [-0.2, 0) is 13.5 Å². The van der Waals surface area contributed by atoms with Crippen LogP contribution in [0, 0.1) is 19.8 Å². The van der Waals surface area contributed by atoms with Gasteiger partial charge in [-0.3, -0.25) is 4.68 Å². The maximum absolute atomic E-state index is 6.16. The second-order valence-electron chi connectivity index (χ2n) is 4.92. The molecule has 3 nitrogen and oxygen atoms in total. The molecule has 1 atom stereocenters. The number of aryl methyl sites for hydroxylation is 2. The Morgan fingerprint density at radius 2 is 2.13 bits per heavy atom. The van der Waals surface area contributed by atoms with Gasteiger partial charge < -0.3 is 5.73 Å². The number of rotatable bonds is 4. The van der Waals surface area contributed by atoms with Crippen molar-refractivity contribution in [1.82, 2.24) is 9.78 Å². The molecule has 1 unspecified atom stereocenters. The molecule has 84 valence electrons. The summed E-state index contributed by atoms with van der Waals surface area (Å²) in [7, 11) is 2.00. The second-order valence-corrected chi connectivity index (χ2v) is 4.92. The van der Waals surface area contributed by atoms with E-state index in [2.05, 4.69) is 18.9 Å². The van der Waals surface area contributed by atoms with Crippen molar-refractivity contribution >= 4 is 0 Å². The molecule has 3 heteroatoms. The summed E-state index contributed by atoms with van der Waals surface area (Å²) in [5.41, 5.74) is 9.91. The third-order valence-corrected chi connectivity index (χ3v) is 3.46. The first-order valence-corrected chi connectivity index (χ1v) is 5.82. The molecule has 1 aromatic heterocycles. The molecular formula is C12H21N3. The van der Waals surface area contributed by atoms with E-state index in [0.29, 0.717) is 6.04 Å². The normalized spacial score (nSPS) is 18.1. The van der Waals surface area contributed by atoms with Gasteiger partial charge >= 0.3 is 0 Å². The Kier molecular flexibility index (Phi) is 2.83. The number of hydrogen-bond acceptors (Lipinski definition) is 2. The minimum absolute atomic E-state index is 0.319. The van der Waals surface area contributed by atoms with Gasteiger partial charge in [0.2, 0.25) is 0 Å². The summed E-state index contributed by atoms with van der Waals surface area (Å²) >= 11 is 0. The van der Waals surface area contributed by atoms with Gasteiger partial charge in [-0.15, -0.1) is 0 Å². The minimum Gasteiger partial charge on any atom is -0.327 e. The highest BCUT2D eigenvalue weighted by Crippen LogP contribution is 2.33. The lowest BCUT2D eigenvalue weighted by Gasteiger charge is -2.11. The third kappa shape index (κ3) is 2.40. The van der Waals surface area contributed by atoms with Crippen LogP contribution in [0.15, 0.2) is 0 Å². The number of aromatic nitrogens is 2. The summed E-state index contributed by atoms with van der Waals surface area (Å²) in [6.07, 6.45) is 4.95. The SMILES string of the molecule is Cc1nn(C)c(C)c1CC(N)CC1CC1. The van der Waals surface area contributed by atoms with Crippen molar-refractivity contribution in [3.63, 3.8) is 0 Å². The standard InChI is InChI=1S/C12H21N3/c1-8-12(9(2)15(3)14-8)7-11(13)6-10-4-5-10/h10-11H,4-7,13H2,1-3H3. The van der Waals surface area contributed by atoms with Crippen LogP contribution in [0.2, 0.25) is 0 Å². The lowest BCUT2D eigenvalue weighted by atomic mass is 10.0. The van der Waals surface area contributed by atoms with E-state index < -0.39 is 0 Å².